The lowest BCUT2D eigenvalue weighted by Gasteiger charge is -2.38. The first-order valence-electron chi connectivity index (χ1n) is 8.71. The van der Waals surface area contributed by atoms with E-state index in [1.807, 2.05) is 26.0 Å². The van der Waals surface area contributed by atoms with E-state index in [4.69, 9.17) is 5.26 Å². The van der Waals surface area contributed by atoms with Crippen LogP contribution in [0.1, 0.15) is 29.4 Å². The molecule has 4 heterocycles. The first-order valence-corrected chi connectivity index (χ1v) is 9.53. The summed E-state index contributed by atoms with van der Waals surface area (Å²) < 4.78 is 15.4. The van der Waals surface area contributed by atoms with Gasteiger partial charge in [0.1, 0.15) is 11.9 Å². The van der Waals surface area contributed by atoms with Crippen molar-refractivity contribution in [2.45, 2.75) is 19.9 Å². The van der Waals surface area contributed by atoms with Crippen LogP contribution in [0.25, 0.3) is 10.3 Å². The molecule has 1 aliphatic rings. The molecule has 3 aromatic heterocycles. The van der Waals surface area contributed by atoms with Crippen LogP contribution in [0.2, 0.25) is 0 Å². The number of thiazole rings is 1. The van der Waals surface area contributed by atoms with Crippen molar-refractivity contribution in [3.8, 4) is 6.07 Å². The summed E-state index contributed by atoms with van der Waals surface area (Å²) in [6.07, 6.45) is 0. The molecule has 1 aliphatic heterocycles. The molecule has 0 N–H and O–H groups in total. The van der Waals surface area contributed by atoms with Gasteiger partial charge in [-0.2, -0.15) is 5.26 Å². The quantitative estimate of drug-likeness (QED) is 0.688. The van der Waals surface area contributed by atoms with Gasteiger partial charge in [-0.3, -0.25) is 4.90 Å². The van der Waals surface area contributed by atoms with Crippen molar-refractivity contribution in [2.75, 3.05) is 31.1 Å². The van der Waals surface area contributed by atoms with Crippen LogP contribution < -0.4 is 4.90 Å². The van der Waals surface area contributed by atoms with Crippen molar-refractivity contribution >= 4 is 27.5 Å². The Bertz CT molecular complexity index is 1000. The highest BCUT2D eigenvalue weighted by Gasteiger charge is 2.26. The van der Waals surface area contributed by atoms with Gasteiger partial charge in [0.05, 0.1) is 21.4 Å². The number of rotatable bonds is 3. The topological polar surface area (TPSA) is 81.8 Å². The van der Waals surface area contributed by atoms with Gasteiger partial charge in [-0.05, 0) is 32.0 Å². The highest BCUT2D eigenvalue weighted by atomic mass is 32.1. The molecule has 7 nitrogen and oxygen atoms in total. The summed E-state index contributed by atoms with van der Waals surface area (Å²) in [6.45, 7) is 6.91. The van der Waals surface area contributed by atoms with Gasteiger partial charge >= 0.3 is 0 Å². The molecule has 1 fully saturated rings. The predicted octanol–water partition coefficient (Wildman–Crippen LogP) is 2.68. The highest BCUT2D eigenvalue weighted by molar-refractivity contribution is 7.18. The number of halogens is 1. The Morgan fingerprint density at radius 1 is 1.19 bits per heavy atom. The predicted molar refractivity (Wildman–Crippen MR) is 101 cm³/mol. The maximum Gasteiger partial charge on any atom is 0.171 e. The first-order chi connectivity index (χ1) is 13.0. The second-order valence-corrected chi connectivity index (χ2v) is 7.73. The minimum absolute atomic E-state index is 0.134. The lowest BCUT2D eigenvalue weighted by Crippen LogP contribution is -2.47. The Kier molecular flexibility index (Phi) is 4.68. The van der Waals surface area contributed by atoms with Crippen LogP contribution in [0, 0.1) is 24.1 Å². The molecule has 0 saturated carbocycles. The van der Waals surface area contributed by atoms with Crippen LogP contribution in [0.15, 0.2) is 18.2 Å². The van der Waals surface area contributed by atoms with Crippen LogP contribution in [0.3, 0.4) is 0 Å². The normalized spacial score (nSPS) is 16.4. The van der Waals surface area contributed by atoms with E-state index >= 15 is 0 Å². The summed E-state index contributed by atoms with van der Waals surface area (Å²) in [5.41, 5.74) is 1.37. The molecule has 27 heavy (non-hydrogen) atoms. The number of fused-ring (bicyclic) bond motifs is 1. The van der Waals surface area contributed by atoms with E-state index in [0.717, 1.165) is 41.7 Å². The average Bonchev–Trinajstić information content (AvgIpc) is 3.06. The third-order valence-electron chi connectivity index (χ3n) is 4.82. The van der Waals surface area contributed by atoms with E-state index in [1.165, 1.54) is 11.3 Å². The molecular weight excluding hydrogens is 365 g/mol. The zero-order valence-electron chi connectivity index (χ0n) is 15.1. The summed E-state index contributed by atoms with van der Waals surface area (Å²) >= 11 is 1.46. The zero-order valence-corrected chi connectivity index (χ0v) is 15.9. The monoisotopic (exact) mass is 383 g/mol. The molecule has 138 valence electrons. The fourth-order valence-corrected chi connectivity index (χ4v) is 4.12. The third kappa shape index (κ3) is 3.46. The first kappa shape index (κ1) is 17.7. The molecule has 1 atom stereocenters. The number of hydrogen-bond donors (Lipinski definition) is 0. The molecule has 9 heteroatoms. The van der Waals surface area contributed by atoms with Gasteiger partial charge in [0.25, 0.3) is 0 Å². The van der Waals surface area contributed by atoms with Crippen molar-refractivity contribution < 1.29 is 4.39 Å². The van der Waals surface area contributed by atoms with Gasteiger partial charge in [-0.1, -0.05) is 0 Å². The fraction of sp³-hybridized carbons (Fsp3) is 0.389. The number of hydrogen-bond acceptors (Lipinski definition) is 8. The lowest BCUT2D eigenvalue weighted by atomic mass is 10.1. The summed E-state index contributed by atoms with van der Waals surface area (Å²) in [6, 6.07) is 6.86. The Hall–Kier alpha value is -2.70. The standard InChI is InChI=1S/C18H18FN7S/c1-11(17-14(19)9-15-18(22-17)21-12(2)27-15)25-5-7-26(8-6-25)16-4-3-13(10-20)23-24-16/h3-4,9,11H,5-8H2,1-2H3. The van der Waals surface area contributed by atoms with Crippen molar-refractivity contribution in [3.63, 3.8) is 0 Å². The minimum atomic E-state index is -0.279. The Labute approximate surface area is 160 Å². The smallest absolute Gasteiger partial charge is 0.171 e. The van der Waals surface area contributed by atoms with Gasteiger partial charge in [-0.15, -0.1) is 21.5 Å². The van der Waals surface area contributed by atoms with Gasteiger partial charge < -0.3 is 4.90 Å². The molecule has 4 rings (SSSR count). The Balaban J connectivity index is 1.47. The summed E-state index contributed by atoms with van der Waals surface area (Å²) in [7, 11) is 0. The fourth-order valence-electron chi connectivity index (χ4n) is 3.32. The molecule has 0 radical (unpaired) electrons. The van der Waals surface area contributed by atoms with Crippen molar-refractivity contribution in [1.29, 1.82) is 5.26 Å². The SMILES string of the molecule is Cc1nc2nc(C(C)N3CCN(c4ccc(C#N)nn4)CC3)c(F)cc2s1. The Morgan fingerprint density at radius 2 is 1.96 bits per heavy atom. The minimum Gasteiger partial charge on any atom is -0.353 e. The maximum absolute atomic E-state index is 14.6. The molecule has 0 spiro atoms. The summed E-state index contributed by atoms with van der Waals surface area (Å²) in [4.78, 5) is 13.2. The summed E-state index contributed by atoms with van der Waals surface area (Å²) in [5.74, 6) is 0.476. The molecule has 0 aliphatic carbocycles. The largest absolute Gasteiger partial charge is 0.353 e. The van der Waals surface area contributed by atoms with E-state index in [9.17, 15) is 4.39 Å². The van der Waals surface area contributed by atoms with Gasteiger partial charge in [0.15, 0.2) is 17.2 Å². The van der Waals surface area contributed by atoms with Crippen LogP contribution >= 0.6 is 11.3 Å². The highest BCUT2D eigenvalue weighted by Crippen LogP contribution is 2.28. The van der Waals surface area contributed by atoms with E-state index in [2.05, 4.69) is 30.0 Å². The maximum atomic E-state index is 14.6. The second-order valence-electron chi connectivity index (χ2n) is 6.50. The van der Waals surface area contributed by atoms with Crippen molar-refractivity contribution in [1.82, 2.24) is 25.1 Å². The van der Waals surface area contributed by atoms with Crippen LogP contribution in [-0.4, -0.2) is 51.2 Å². The number of pyridine rings is 1. The number of anilines is 1. The number of piperazine rings is 1. The summed E-state index contributed by atoms with van der Waals surface area (Å²) in [5, 5.41) is 17.7. The van der Waals surface area contributed by atoms with Crippen LogP contribution in [-0.2, 0) is 0 Å². The van der Waals surface area contributed by atoms with E-state index in [0.29, 0.717) is 17.0 Å². The van der Waals surface area contributed by atoms with Crippen molar-refractivity contribution in [3.05, 3.63) is 40.4 Å². The molecule has 0 aromatic carbocycles. The Morgan fingerprint density at radius 3 is 2.63 bits per heavy atom. The van der Waals surface area contributed by atoms with Crippen LogP contribution in [0.4, 0.5) is 10.2 Å². The average molecular weight is 383 g/mol. The van der Waals surface area contributed by atoms with Gasteiger partial charge in [-0.25, -0.2) is 14.4 Å². The van der Waals surface area contributed by atoms with E-state index in [1.54, 1.807) is 12.1 Å². The second kappa shape index (κ2) is 7.13. The van der Waals surface area contributed by atoms with Crippen LogP contribution in [0.5, 0.6) is 0 Å². The molecule has 0 amide bonds. The van der Waals surface area contributed by atoms with Gasteiger partial charge in [0.2, 0.25) is 0 Å². The van der Waals surface area contributed by atoms with E-state index in [-0.39, 0.29) is 11.9 Å². The lowest BCUT2D eigenvalue weighted by molar-refractivity contribution is 0.191. The molecule has 0 bridgehead atoms. The zero-order chi connectivity index (χ0) is 19.0. The third-order valence-corrected chi connectivity index (χ3v) is 5.72. The van der Waals surface area contributed by atoms with E-state index < -0.39 is 0 Å². The number of nitrogens with zero attached hydrogens (tertiary/aromatic N) is 7. The number of aryl methyl sites for hydroxylation is 1. The number of aromatic nitrogens is 4. The molecule has 1 unspecified atom stereocenters. The number of nitriles is 1. The molecular formula is C18H18FN7S. The molecule has 1 saturated heterocycles. The van der Waals surface area contributed by atoms with Crippen molar-refractivity contribution in [2.24, 2.45) is 0 Å². The molecule has 3 aromatic rings. The van der Waals surface area contributed by atoms with Gasteiger partial charge in [0, 0.05) is 26.2 Å².